The van der Waals surface area contributed by atoms with Crippen molar-refractivity contribution in [2.45, 2.75) is 48.3 Å². The second kappa shape index (κ2) is 10.2. The SMILES string of the molecule is COc1ccc(C(=O)Nc2nc(C)c(SCC(N)=O)s2)cc1S(=O)(=O)N1CCCC[C@H]1C. The molecule has 2 heterocycles. The molecule has 12 heteroatoms. The van der Waals surface area contributed by atoms with Gasteiger partial charge in [0.2, 0.25) is 15.9 Å². The van der Waals surface area contributed by atoms with E-state index in [1.165, 1.54) is 52.7 Å². The van der Waals surface area contributed by atoms with E-state index in [1.54, 1.807) is 6.92 Å². The van der Waals surface area contributed by atoms with E-state index in [-0.39, 0.29) is 28.0 Å². The molecule has 0 unspecified atom stereocenters. The third-order valence-electron chi connectivity index (χ3n) is 5.07. The number of amides is 2. The molecule has 0 bridgehead atoms. The Morgan fingerprint density at radius 2 is 2.12 bits per heavy atom. The number of benzene rings is 1. The van der Waals surface area contributed by atoms with Crippen molar-refractivity contribution in [2.75, 3.05) is 24.7 Å². The van der Waals surface area contributed by atoms with Crippen LogP contribution in [0, 0.1) is 6.92 Å². The summed E-state index contributed by atoms with van der Waals surface area (Å²) in [5.74, 6) is -0.626. The van der Waals surface area contributed by atoms with Crippen molar-refractivity contribution in [3.8, 4) is 5.75 Å². The van der Waals surface area contributed by atoms with Crippen LogP contribution >= 0.6 is 23.1 Å². The van der Waals surface area contributed by atoms with Gasteiger partial charge in [0.1, 0.15) is 10.6 Å². The zero-order chi connectivity index (χ0) is 23.5. The van der Waals surface area contributed by atoms with E-state index in [9.17, 15) is 18.0 Å². The standard InChI is InChI=1S/C20H26N4O5S3/c1-12-6-4-5-9-24(12)32(27,28)16-10-14(7-8-15(16)29-3)18(26)23-20-22-13(2)19(31-20)30-11-17(21)25/h7-8,10,12H,4-6,9,11H2,1-3H3,(H2,21,25)(H,22,23,26)/t12-/m1/s1. The highest BCUT2D eigenvalue weighted by Gasteiger charge is 2.33. The Hall–Kier alpha value is -2.15. The molecular formula is C20H26N4O5S3. The van der Waals surface area contributed by atoms with E-state index in [1.807, 2.05) is 6.92 Å². The third kappa shape index (κ3) is 5.42. The van der Waals surface area contributed by atoms with Crippen molar-refractivity contribution in [2.24, 2.45) is 5.73 Å². The molecule has 174 valence electrons. The van der Waals surface area contributed by atoms with Gasteiger partial charge in [-0.05, 0) is 44.9 Å². The Bertz CT molecular complexity index is 1120. The number of carbonyl (C=O) groups is 2. The molecule has 3 N–H and O–H groups in total. The van der Waals surface area contributed by atoms with E-state index < -0.39 is 21.8 Å². The van der Waals surface area contributed by atoms with E-state index in [4.69, 9.17) is 10.5 Å². The number of hydrogen-bond acceptors (Lipinski definition) is 8. The van der Waals surface area contributed by atoms with Gasteiger partial charge in [0, 0.05) is 18.2 Å². The maximum absolute atomic E-state index is 13.3. The number of rotatable bonds is 8. The van der Waals surface area contributed by atoms with Crippen molar-refractivity contribution < 1.29 is 22.7 Å². The van der Waals surface area contributed by atoms with Gasteiger partial charge < -0.3 is 10.5 Å². The van der Waals surface area contributed by atoms with Crippen LogP contribution in [0.5, 0.6) is 5.75 Å². The van der Waals surface area contributed by atoms with Crippen LogP contribution in [0.3, 0.4) is 0 Å². The first-order chi connectivity index (χ1) is 15.1. The number of methoxy groups -OCH3 is 1. The number of aromatic nitrogens is 1. The van der Waals surface area contributed by atoms with Gasteiger partial charge in [0.05, 0.1) is 22.8 Å². The second-order valence-corrected chi connectivity index (χ2v) is 11.5. The number of nitrogens with two attached hydrogens (primary N) is 1. The van der Waals surface area contributed by atoms with E-state index in [0.717, 1.165) is 23.5 Å². The molecule has 1 atom stereocenters. The van der Waals surface area contributed by atoms with Crippen LogP contribution in [0.25, 0.3) is 0 Å². The number of aryl methyl sites for hydroxylation is 1. The number of piperidine rings is 1. The van der Waals surface area contributed by atoms with Crippen LogP contribution in [0.2, 0.25) is 0 Å². The van der Waals surface area contributed by atoms with Gasteiger partial charge in [-0.3, -0.25) is 14.9 Å². The first kappa shape index (κ1) is 24.5. The molecule has 0 radical (unpaired) electrons. The Balaban J connectivity index is 1.85. The van der Waals surface area contributed by atoms with Gasteiger partial charge in [-0.1, -0.05) is 17.8 Å². The first-order valence-electron chi connectivity index (χ1n) is 10.0. The molecule has 1 aromatic heterocycles. The molecular weight excluding hydrogens is 472 g/mol. The minimum absolute atomic E-state index is 0.0329. The summed E-state index contributed by atoms with van der Waals surface area (Å²) in [5.41, 5.74) is 6.03. The molecule has 1 aliphatic heterocycles. The lowest BCUT2D eigenvalue weighted by molar-refractivity contribution is -0.115. The number of thioether (sulfide) groups is 1. The maximum Gasteiger partial charge on any atom is 0.257 e. The normalized spacial score (nSPS) is 17.2. The van der Waals surface area contributed by atoms with Gasteiger partial charge in [-0.2, -0.15) is 4.31 Å². The zero-order valence-electron chi connectivity index (χ0n) is 18.1. The van der Waals surface area contributed by atoms with Crippen LogP contribution in [-0.4, -0.2) is 55.0 Å². The molecule has 1 saturated heterocycles. The van der Waals surface area contributed by atoms with E-state index >= 15 is 0 Å². The number of anilines is 1. The molecule has 1 aromatic carbocycles. The maximum atomic E-state index is 13.3. The van der Waals surface area contributed by atoms with Crippen molar-refractivity contribution >= 4 is 50.1 Å². The average Bonchev–Trinajstić information content (AvgIpc) is 3.10. The van der Waals surface area contributed by atoms with Crippen LogP contribution in [0.4, 0.5) is 5.13 Å². The molecule has 0 saturated carbocycles. The van der Waals surface area contributed by atoms with Gasteiger partial charge >= 0.3 is 0 Å². The van der Waals surface area contributed by atoms with Gasteiger partial charge in [-0.15, -0.1) is 11.8 Å². The van der Waals surface area contributed by atoms with Crippen molar-refractivity contribution in [3.63, 3.8) is 0 Å². The third-order valence-corrected chi connectivity index (χ3v) is 9.57. The van der Waals surface area contributed by atoms with Crippen molar-refractivity contribution in [3.05, 3.63) is 29.5 Å². The highest BCUT2D eigenvalue weighted by Crippen LogP contribution is 2.34. The van der Waals surface area contributed by atoms with Gasteiger partial charge in [0.15, 0.2) is 5.13 Å². The molecule has 1 fully saturated rings. The summed E-state index contributed by atoms with van der Waals surface area (Å²) in [6.07, 6.45) is 2.58. The minimum atomic E-state index is -3.83. The lowest BCUT2D eigenvalue weighted by atomic mass is 10.1. The van der Waals surface area contributed by atoms with Crippen molar-refractivity contribution in [1.29, 1.82) is 0 Å². The summed E-state index contributed by atoms with van der Waals surface area (Å²) in [6, 6.07) is 4.22. The molecule has 9 nitrogen and oxygen atoms in total. The number of ether oxygens (including phenoxy) is 1. The minimum Gasteiger partial charge on any atom is -0.495 e. The number of nitrogens with one attached hydrogen (secondary N) is 1. The van der Waals surface area contributed by atoms with Crippen LogP contribution < -0.4 is 15.8 Å². The number of hydrogen-bond donors (Lipinski definition) is 2. The summed E-state index contributed by atoms with van der Waals surface area (Å²) in [7, 11) is -2.43. The molecule has 0 spiro atoms. The zero-order valence-corrected chi connectivity index (χ0v) is 20.5. The molecule has 1 aliphatic rings. The van der Waals surface area contributed by atoms with Gasteiger partial charge in [-0.25, -0.2) is 13.4 Å². The van der Waals surface area contributed by atoms with Crippen molar-refractivity contribution in [1.82, 2.24) is 9.29 Å². The number of primary amides is 1. The Kier molecular flexibility index (Phi) is 7.80. The van der Waals surface area contributed by atoms with Crippen LogP contribution in [0.15, 0.2) is 27.3 Å². The highest BCUT2D eigenvalue weighted by atomic mass is 32.2. The summed E-state index contributed by atoms with van der Waals surface area (Å²) in [5, 5.41) is 3.05. The molecule has 0 aliphatic carbocycles. The Morgan fingerprint density at radius 3 is 2.78 bits per heavy atom. The molecule has 32 heavy (non-hydrogen) atoms. The fourth-order valence-electron chi connectivity index (χ4n) is 3.45. The summed E-state index contributed by atoms with van der Waals surface area (Å²) in [4.78, 5) is 28.1. The van der Waals surface area contributed by atoms with Crippen LogP contribution in [-0.2, 0) is 14.8 Å². The number of sulfonamides is 1. The molecule has 2 amide bonds. The Morgan fingerprint density at radius 1 is 1.38 bits per heavy atom. The second-order valence-electron chi connectivity index (χ2n) is 7.43. The fraction of sp³-hybridized carbons (Fsp3) is 0.450. The number of carbonyl (C=O) groups excluding carboxylic acids is 2. The van der Waals surface area contributed by atoms with E-state index in [2.05, 4.69) is 10.3 Å². The monoisotopic (exact) mass is 498 g/mol. The van der Waals surface area contributed by atoms with E-state index in [0.29, 0.717) is 17.4 Å². The topological polar surface area (TPSA) is 132 Å². The largest absolute Gasteiger partial charge is 0.495 e. The summed E-state index contributed by atoms with van der Waals surface area (Å²) < 4.78 is 34.2. The fourth-order valence-corrected chi connectivity index (χ4v) is 7.21. The lowest BCUT2D eigenvalue weighted by Crippen LogP contribution is -2.42. The number of thiazole rings is 1. The Labute approximate surface area is 195 Å². The summed E-state index contributed by atoms with van der Waals surface area (Å²) in [6.45, 7) is 4.10. The van der Waals surface area contributed by atoms with Gasteiger partial charge in [0.25, 0.3) is 5.91 Å². The van der Waals surface area contributed by atoms with Crippen LogP contribution in [0.1, 0.15) is 42.2 Å². The first-order valence-corrected chi connectivity index (χ1v) is 13.3. The lowest BCUT2D eigenvalue weighted by Gasteiger charge is -2.32. The quantitative estimate of drug-likeness (QED) is 0.535. The highest BCUT2D eigenvalue weighted by molar-refractivity contribution is 8.01. The average molecular weight is 499 g/mol. The number of nitrogens with zero attached hydrogens (tertiary/aromatic N) is 2. The molecule has 3 rings (SSSR count). The predicted octanol–water partition coefficient (Wildman–Crippen LogP) is 2.85. The smallest absolute Gasteiger partial charge is 0.257 e. The summed E-state index contributed by atoms with van der Waals surface area (Å²) >= 11 is 2.48. The predicted molar refractivity (Wildman–Crippen MR) is 125 cm³/mol. The molecule has 2 aromatic rings.